The molecule has 41 heavy (non-hydrogen) atoms. The molecule has 0 saturated carbocycles. The molecule has 0 aromatic heterocycles. The molecule has 0 bridgehead atoms. The molecular formula is C33H57NO7. The zero-order valence-electron chi connectivity index (χ0n) is 26.7. The van der Waals surface area contributed by atoms with Crippen LogP contribution in [0.4, 0.5) is 4.79 Å². The van der Waals surface area contributed by atoms with Gasteiger partial charge in [-0.2, -0.15) is 0 Å². The number of allylic oxidation sites excluding steroid dienone is 2. The van der Waals surface area contributed by atoms with Crippen LogP contribution in [0, 0.1) is 41.4 Å². The molecule has 1 aliphatic rings. The van der Waals surface area contributed by atoms with E-state index in [4.69, 9.17) is 15.2 Å². The number of rotatable bonds is 16. The molecule has 0 spiro atoms. The first-order valence-corrected chi connectivity index (χ1v) is 15.3. The van der Waals surface area contributed by atoms with Gasteiger partial charge in [0.1, 0.15) is 12.2 Å². The summed E-state index contributed by atoms with van der Waals surface area (Å²) in [4.78, 5) is 23.5. The largest absolute Gasteiger partial charge is 0.462 e. The van der Waals surface area contributed by atoms with Crippen molar-refractivity contribution in [2.24, 2.45) is 47.2 Å². The minimum Gasteiger partial charge on any atom is -0.462 e. The number of hydrogen-bond acceptors (Lipinski definition) is 7. The summed E-state index contributed by atoms with van der Waals surface area (Å²) in [6.45, 7) is 17.5. The van der Waals surface area contributed by atoms with Crippen LogP contribution >= 0.6 is 0 Å². The summed E-state index contributed by atoms with van der Waals surface area (Å²) in [7, 11) is 0. The summed E-state index contributed by atoms with van der Waals surface area (Å²) < 4.78 is 10.9. The first-order valence-electron chi connectivity index (χ1n) is 15.3. The number of primary amides is 1. The quantitative estimate of drug-likeness (QED) is 0.139. The van der Waals surface area contributed by atoms with Crippen LogP contribution in [0.1, 0.15) is 88.0 Å². The van der Waals surface area contributed by atoms with E-state index in [2.05, 4.69) is 0 Å². The summed E-state index contributed by atoms with van der Waals surface area (Å²) in [5.41, 5.74) is 6.36. The second kappa shape index (κ2) is 17.7. The molecule has 1 aliphatic heterocycles. The Morgan fingerprint density at radius 2 is 1.66 bits per heavy atom. The highest BCUT2D eigenvalue weighted by Crippen LogP contribution is 2.30. The Morgan fingerprint density at radius 3 is 2.24 bits per heavy atom. The minimum absolute atomic E-state index is 0.0936. The second-order valence-electron chi connectivity index (χ2n) is 12.6. The van der Waals surface area contributed by atoms with Crippen molar-refractivity contribution in [1.29, 1.82) is 0 Å². The van der Waals surface area contributed by atoms with Crippen molar-refractivity contribution in [2.75, 3.05) is 0 Å². The van der Waals surface area contributed by atoms with Crippen molar-refractivity contribution < 1.29 is 34.4 Å². The normalized spacial score (nSPS) is 27.0. The lowest BCUT2D eigenvalue weighted by Crippen LogP contribution is -2.41. The van der Waals surface area contributed by atoms with Crippen LogP contribution in [-0.2, 0) is 14.3 Å². The van der Waals surface area contributed by atoms with E-state index in [-0.39, 0.29) is 53.5 Å². The highest BCUT2D eigenvalue weighted by molar-refractivity contribution is 5.73. The monoisotopic (exact) mass is 579 g/mol. The molecule has 236 valence electrons. The molecule has 5 N–H and O–H groups in total. The van der Waals surface area contributed by atoms with Crippen LogP contribution in [-0.4, -0.2) is 57.9 Å². The average Bonchev–Trinajstić information content (AvgIpc) is 2.90. The van der Waals surface area contributed by atoms with Gasteiger partial charge in [0.2, 0.25) is 0 Å². The highest BCUT2D eigenvalue weighted by atomic mass is 16.6. The lowest BCUT2D eigenvalue weighted by molar-refractivity contribution is -0.165. The summed E-state index contributed by atoms with van der Waals surface area (Å²) in [5, 5.41) is 32.6. The van der Waals surface area contributed by atoms with Crippen molar-refractivity contribution >= 4 is 12.1 Å². The summed E-state index contributed by atoms with van der Waals surface area (Å²) in [6.07, 6.45) is 8.21. The van der Waals surface area contributed by atoms with E-state index < -0.39 is 30.5 Å². The molecule has 1 heterocycles. The smallest absolute Gasteiger partial charge is 0.404 e. The van der Waals surface area contributed by atoms with Gasteiger partial charge in [-0.3, -0.25) is 4.79 Å². The fraction of sp³-hybridized carbons (Fsp3) is 0.758. The molecule has 0 radical (unpaired) electrons. The fourth-order valence-electron chi connectivity index (χ4n) is 5.92. The van der Waals surface area contributed by atoms with E-state index in [1.165, 1.54) is 0 Å². The van der Waals surface area contributed by atoms with Gasteiger partial charge in [-0.05, 0) is 38.0 Å². The zero-order chi connectivity index (χ0) is 31.4. The van der Waals surface area contributed by atoms with Crippen LogP contribution in [0.25, 0.3) is 0 Å². The van der Waals surface area contributed by atoms with Crippen molar-refractivity contribution in [3.8, 4) is 0 Å². The molecule has 1 amide bonds. The van der Waals surface area contributed by atoms with Gasteiger partial charge in [0, 0.05) is 30.1 Å². The van der Waals surface area contributed by atoms with Crippen molar-refractivity contribution in [1.82, 2.24) is 0 Å². The standard InChI is InChI=1S/C33H57NO7/c1-10-11-12-21(4)31(41-33(34)39)26(9)30(37)24(7)16-19(2)15-23(6)29(36)20(3)13-14-27(35)18-28-22(5)17-25(8)32(38)40-28/h11-15,20-31,35-37H,10,16-18H2,1-9H3,(H2,34,39)/b12-11-,14-13-,19-15-/t20-,21-,22+,23-,24-,25+,26-,27+,28?,29-,30+,31-/m0/s1. The number of aliphatic hydroxyl groups is 3. The van der Waals surface area contributed by atoms with E-state index >= 15 is 0 Å². The third-order valence-corrected chi connectivity index (χ3v) is 8.50. The molecule has 12 atom stereocenters. The first kappa shape index (κ1) is 36.9. The lowest BCUT2D eigenvalue weighted by Gasteiger charge is -2.33. The Bertz CT molecular complexity index is 900. The van der Waals surface area contributed by atoms with Crippen LogP contribution in [0.5, 0.6) is 0 Å². The number of amides is 1. The summed E-state index contributed by atoms with van der Waals surface area (Å²) >= 11 is 0. The topological polar surface area (TPSA) is 139 Å². The third-order valence-electron chi connectivity index (χ3n) is 8.50. The van der Waals surface area contributed by atoms with Crippen LogP contribution < -0.4 is 5.73 Å². The molecule has 0 aliphatic carbocycles. The number of ether oxygens (including phenoxy) is 2. The number of aliphatic hydroxyl groups excluding tert-OH is 3. The predicted octanol–water partition coefficient (Wildman–Crippen LogP) is 5.55. The molecule has 8 heteroatoms. The van der Waals surface area contributed by atoms with Gasteiger partial charge in [0.05, 0.1) is 24.2 Å². The SMILES string of the molecule is CC/C=C\[C@H](C)[C@H](OC(N)=O)[C@@H](C)[C@H](O)[C@@H](C)C/C(C)=C\[C@H](C)[C@@H](O)[C@@H](C)/C=C\[C@@H](O)CC1OC(=O)[C@H](C)C[C@H]1C. The van der Waals surface area contributed by atoms with E-state index in [1.807, 2.05) is 86.6 Å². The maximum Gasteiger partial charge on any atom is 0.404 e. The number of cyclic esters (lactones) is 1. The van der Waals surface area contributed by atoms with Gasteiger partial charge < -0.3 is 30.5 Å². The van der Waals surface area contributed by atoms with E-state index in [9.17, 15) is 24.9 Å². The molecule has 0 aromatic rings. The van der Waals surface area contributed by atoms with E-state index in [0.29, 0.717) is 12.8 Å². The molecule has 0 aromatic carbocycles. The number of hydrogen-bond donors (Lipinski definition) is 4. The van der Waals surface area contributed by atoms with Gasteiger partial charge in [0.25, 0.3) is 0 Å². The van der Waals surface area contributed by atoms with E-state index in [0.717, 1.165) is 18.4 Å². The van der Waals surface area contributed by atoms with Gasteiger partial charge in [-0.25, -0.2) is 4.79 Å². The zero-order valence-corrected chi connectivity index (χ0v) is 26.7. The summed E-state index contributed by atoms with van der Waals surface area (Å²) in [5.74, 6) is -1.03. The average molecular weight is 580 g/mol. The molecule has 1 unspecified atom stereocenters. The Hall–Kier alpha value is -2.16. The van der Waals surface area contributed by atoms with Gasteiger partial charge in [-0.1, -0.05) is 91.3 Å². The molecule has 1 saturated heterocycles. The Labute approximate surface area is 248 Å². The highest BCUT2D eigenvalue weighted by Gasteiger charge is 2.34. The molecule has 1 fully saturated rings. The maximum absolute atomic E-state index is 11.9. The Morgan fingerprint density at radius 1 is 1.02 bits per heavy atom. The van der Waals surface area contributed by atoms with Crippen molar-refractivity contribution in [3.05, 3.63) is 36.0 Å². The van der Waals surface area contributed by atoms with Crippen molar-refractivity contribution in [2.45, 2.75) is 119 Å². The van der Waals surface area contributed by atoms with Gasteiger partial charge in [-0.15, -0.1) is 0 Å². The summed E-state index contributed by atoms with van der Waals surface area (Å²) in [6, 6.07) is 0. The molecule has 1 rings (SSSR count). The van der Waals surface area contributed by atoms with Crippen LogP contribution in [0.2, 0.25) is 0 Å². The lowest BCUT2D eigenvalue weighted by atomic mass is 9.81. The van der Waals surface area contributed by atoms with Crippen LogP contribution in [0.3, 0.4) is 0 Å². The van der Waals surface area contributed by atoms with Gasteiger partial charge >= 0.3 is 12.1 Å². The molecule has 8 nitrogen and oxygen atoms in total. The number of carbonyl (C=O) groups is 2. The maximum atomic E-state index is 11.9. The Balaban J connectivity index is 2.73. The number of esters is 1. The minimum atomic E-state index is -0.852. The predicted molar refractivity (Wildman–Crippen MR) is 163 cm³/mol. The van der Waals surface area contributed by atoms with E-state index in [1.54, 1.807) is 6.08 Å². The number of nitrogens with two attached hydrogens (primary N) is 1. The van der Waals surface area contributed by atoms with Crippen LogP contribution in [0.15, 0.2) is 36.0 Å². The Kier molecular flexibility index (Phi) is 15.9. The second-order valence-corrected chi connectivity index (χ2v) is 12.6. The first-order chi connectivity index (χ1) is 19.1. The molecular weight excluding hydrogens is 522 g/mol. The third kappa shape index (κ3) is 12.3. The van der Waals surface area contributed by atoms with Gasteiger partial charge in [0.15, 0.2) is 0 Å². The number of carbonyl (C=O) groups excluding carboxylic acids is 2. The fourth-order valence-corrected chi connectivity index (χ4v) is 5.92. The van der Waals surface area contributed by atoms with Crippen molar-refractivity contribution in [3.63, 3.8) is 0 Å².